The second kappa shape index (κ2) is 7.04. The molecule has 2 aromatic rings. The molecule has 0 amide bonds. The highest BCUT2D eigenvalue weighted by atomic mass is 79.9. The molecule has 0 radical (unpaired) electrons. The number of para-hydroxylation sites is 1. The van der Waals surface area contributed by atoms with Crippen molar-refractivity contribution in [1.29, 1.82) is 0 Å². The highest BCUT2D eigenvalue weighted by Gasteiger charge is 2.11. The Morgan fingerprint density at radius 2 is 2.00 bits per heavy atom. The maximum absolute atomic E-state index is 10.7. The standard InChI is InChI=1S/C15H13Br2NO3/c1-10-3-2-4-11(8-16)15(10)21-9-12-5-6-13(18(19)20)7-14(12)17/h2-7H,8-9H2,1H3. The molecular formula is C15H13Br2NO3. The lowest BCUT2D eigenvalue weighted by molar-refractivity contribution is -0.384. The van der Waals surface area contributed by atoms with Gasteiger partial charge < -0.3 is 4.74 Å². The van der Waals surface area contributed by atoms with Gasteiger partial charge in [-0.25, -0.2) is 0 Å². The Morgan fingerprint density at radius 1 is 1.24 bits per heavy atom. The number of hydrogen-bond donors (Lipinski definition) is 0. The minimum absolute atomic E-state index is 0.0580. The van der Waals surface area contributed by atoms with Gasteiger partial charge in [-0.3, -0.25) is 10.1 Å². The van der Waals surface area contributed by atoms with Gasteiger partial charge in [0.15, 0.2) is 0 Å². The van der Waals surface area contributed by atoms with E-state index < -0.39 is 4.92 Å². The zero-order valence-electron chi connectivity index (χ0n) is 11.3. The van der Waals surface area contributed by atoms with E-state index in [9.17, 15) is 10.1 Å². The smallest absolute Gasteiger partial charge is 0.270 e. The first kappa shape index (κ1) is 16.0. The van der Waals surface area contributed by atoms with Crippen molar-refractivity contribution in [3.63, 3.8) is 0 Å². The van der Waals surface area contributed by atoms with Crippen LogP contribution >= 0.6 is 31.9 Å². The number of non-ortho nitro benzene ring substituents is 1. The van der Waals surface area contributed by atoms with Gasteiger partial charge in [0, 0.05) is 33.1 Å². The molecule has 0 aliphatic heterocycles. The van der Waals surface area contributed by atoms with Crippen LogP contribution in [0.4, 0.5) is 5.69 Å². The molecule has 0 aliphatic rings. The number of rotatable bonds is 5. The van der Waals surface area contributed by atoms with Crippen LogP contribution in [0, 0.1) is 17.0 Å². The van der Waals surface area contributed by atoms with E-state index in [0.717, 1.165) is 22.4 Å². The molecule has 2 rings (SSSR count). The van der Waals surface area contributed by atoms with Gasteiger partial charge in [0.1, 0.15) is 12.4 Å². The van der Waals surface area contributed by atoms with Crippen molar-refractivity contribution in [2.75, 3.05) is 0 Å². The average molecular weight is 415 g/mol. The molecule has 0 saturated heterocycles. The molecule has 0 fully saturated rings. The van der Waals surface area contributed by atoms with E-state index >= 15 is 0 Å². The van der Waals surface area contributed by atoms with Crippen molar-refractivity contribution in [2.45, 2.75) is 18.9 Å². The van der Waals surface area contributed by atoms with E-state index in [1.807, 2.05) is 25.1 Å². The maximum atomic E-state index is 10.7. The lowest BCUT2D eigenvalue weighted by atomic mass is 10.1. The van der Waals surface area contributed by atoms with Gasteiger partial charge in [-0.2, -0.15) is 0 Å². The van der Waals surface area contributed by atoms with Crippen molar-refractivity contribution in [1.82, 2.24) is 0 Å². The molecule has 21 heavy (non-hydrogen) atoms. The first-order valence-electron chi connectivity index (χ1n) is 6.23. The van der Waals surface area contributed by atoms with Crippen LogP contribution in [0.2, 0.25) is 0 Å². The summed E-state index contributed by atoms with van der Waals surface area (Å²) in [5.41, 5.74) is 3.06. The van der Waals surface area contributed by atoms with Crippen molar-refractivity contribution < 1.29 is 9.66 Å². The van der Waals surface area contributed by atoms with E-state index in [-0.39, 0.29) is 5.69 Å². The molecule has 0 N–H and O–H groups in total. The Bertz CT molecular complexity index is 674. The third-order valence-electron chi connectivity index (χ3n) is 3.06. The first-order valence-corrected chi connectivity index (χ1v) is 8.14. The largest absolute Gasteiger partial charge is 0.488 e. The molecule has 0 bridgehead atoms. The van der Waals surface area contributed by atoms with Gasteiger partial charge in [-0.15, -0.1) is 0 Å². The Labute approximate surface area is 139 Å². The lowest BCUT2D eigenvalue weighted by Crippen LogP contribution is -2.01. The molecule has 0 saturated carbocycles. The Balaban J connectivity index is 2.19. The zero-order chi connectivity index (χ0) is 15.4. The highest BCUT2D eigenvalue weighted by molar-refractivity contribution is 9.10. The fourth-order valence-corrected chi connectivity index (χ4v) is 2.86. The predicted molar refractivity (Wildman–Crippen MR) is 88.9 cm³/mol. The Kier molecular flexibility index (Phi) is 5.36. The van der Waals surface area contributed by atoms with Crippen LogP contribution in [0.3, 0.4) is 0 Å². The third-order valence-corrected chi connectivity index (χ3v) is 4.40. The van der Waals surface area contributed by atoms with E-state index in [1.165, 1.54) is 12.1 Å². The van der Waals surface area contributed by atoms with Crippen LogP contribution in [0.15, 0.2) is 40.9 Å². The number of benzene rings is 2. The number of nitro benzene ring substituents is 1. The molecule has 4 nitrogen and oxygen atoms in total. The number of halogens is 2. The summed E-state index contributed by atoms with van der Waals surface area (Å²) in [6.45, 7) is 2.34. The number of ether oxygens (including phenoxy) is 1. The summed E-state index contributed by atoms with van der Waals surface area (Å²) in [4.78, 5) is 10.3. The molecule has 2 aromatic carbocycles. The number of alkyl halides is 1. The summed E-state index contributed by atoms with van der Waals surface area (Å²) >= 11 is 6.79. The predicted octanol–water partition coefficient (Wildman–Crippen LogP) is 5.14. The topological polar surface area (TPSA) is 52.4 Å². The summed E-state index contributed by atoms with van der Waals surface area (Å²) in [7, 11) is 0. The minimum Gasteiger partial charge on any atom is -0.488 e. The maximum Gasteiger partial charge on any atom is 0.270 e. The molecule has 0 aliphatic carbocycles. The number of aryl methyl sites for hydroxylation is 1. The van der Waals surface area contributed by atoms with Gasteiger partial charge in [0.2, 0.25) is 0 Å². The van der Waals surface area contributed by atoms with Crippen LogP contribution in [0.1, 0.15) is 16.7 Å². The molecule has 0 atom stereocenters. The SMILES string of the molecule is Cc1cccc(CBr)c1OCc1ccc([N+](=O)[O-])cc1Br. The van der Waals surface area contributed by atoms with E-state index in [1.54, 1.807) is 6.07 Å². The Morgan fingerprint density at radius 3 is 2.62 bits per heavy atom. The summed E-state index contributed by atoms with van der Waals surface area (Å²) in [5.74, 6) is 0.847. The number of nitro groups is 1. The molecule has 0 spiro atoms. The highest BCUT2D eigenvalue weighted by Crippen LogP contribution is 2.28. The van der Waals surface area contributed by atoms with Crippen molar-refractivity contribution >= 4 is 37.5 Å². The zero-order valence-corrected chi connectivity index (χ0v) is 14.5. The fourth-order valence-electron chi connectivity index (χ4n) is 1.94. The van der Waals surface area contributed by atoms with Crippen LogP contribution in [-0.2, 0) is 11.9 Å². The van der Waals surface area contributed by atoms with E-state index in [0.29, 0.717) is 16.4 Å². The van der Waals surface area contributed by atoms with Gasteiger partial charge in [-0.05, 0) is 18.6 Å². The molecule has 0 heterocycles. The fraction of sp³-hybridized carbons (Fsp3) is 0.200. The van der Waals surface area contributed by atoms with Crippen molar-refractivity contribution in [3.8, 4) is 5.75 Å². The van der Waals surface area contributed by atoms with Crippen molar-refractivity contribution in [2.24, 2.45) is 0 Å². The normalized spacial score (nSPS) is 10.4. The second-order valence-corrected chi connectivity index (χ2v) is 5.93. The van der Waals surface area contributed by atoms with Crippen molar-refractivity contribution in [3.05, 3.63) is 67.7 Å². The third kappa shape index (κ3) is 3.83. The summed E-state index contributed by atoms with van der Waals surface area (Å²) in [6.07, 6.45) is 0. The number of hydrogen-bond acceptors (Lipinski definition) is 3. The Hall–Kier alpha value is -1.40. The van der Waals surface area contributed by atoms with Crippen LogP contribution in [0.25, 0.3) is 0 Å². The van der Waals surface area contributed by atoms with Gasteiger partial charge in [0.25, 0.3) is 5.69 Å². The van der Waals surface area contributed by atoms with Gasteiger partial charge in [-0.1, -0.05) is 50.1 Å². The van der Waals surface area contributed by atoms with Crippen LogP contribution in [-0.4, -0.2) is 4.92 Å². The molecule has 6 heteroatoms. The molecular weight excluding hydrogens is 402 g/mol. The lowest BCUT2D eigenvalue weighted by Gasteiger charge is -2.13. The second-order valence-electron chi connectivity index (χ2n) is 4.52. The molecule has 0 aromatic heterocycles. The number of nitrogens with zero attached hydrogens (tertiary/aromatic N) is 1. The minimum atomic E-state index is -0.417. The summed E-state index contributed by atoms with van der Waals surface area (Å²) in [6, 6.07) is 10.7. The van der Waals surface area contributed by atoms with Gasteiger partial charge in [0.05, 0.1) is 4.92 Å². The summed E-state index contributed by atoms with van der Waals surface area (Å²) < 4.78 is 6.57. The monoisotopic (exact) mass is 413 g/mol. The van der Waals surface area contributed by atoms with E-state index in [2.05, 4.69) is 31.9 Å². The molecule has 110 valence electrons. The molecule has 0 unspecified atom stereocenters. The first-order chi connectivity index (χ1) is 10.0. The quantitative estimate of drug-likeness (QED) is 0.386. The van der Waals surface area contributed by atoms with Gasteiger partial charge >= 0.3 is 0 Å². The van der Waals surface area contributed by atoms with Crippen LogP contribution < -0.4 is 4.74 Å². The summed E-state index contributed by atoms with van der Waals surface area (Å²) in [5, 5.41) is 11.4. The van der Waals surface area contributed by atoms with E-state index in [4.69, 9.17) is 4.74 Å². The average Bonchev–Trinajstić information content (AvgIpc) is 2.46. The van der Waals surface area contributed by atoms with Crippen LogP contribution in [0.5, 0.6) is 5.75 Å².